The predicted molar refractivity (Wildman–Crippen MR) is 110 cm³/mol. The summed E-state index contributed by atoms with van der Waals surface area (Å²) in [4.78, 5) is 36.2. The van der Waals surface area contributed by atoms with Crippen molar-refractivity contribution in [2.45, 2.75) is 11.9 Å². The number of halogens is 1. The quantitative estimate of drug-likeness (QED) is 0.432. The van der Waals surface area contributed by atoms with Gasteiger partial charge in [-0.1, -0.05) is 17.0 Å². The summed E-state index contributed by atoms with van der Waals surface area (Å²) in [7, 11) is 0. The van der Waals surface area contributed by atoms with E-state index in [1.807, 2.05) is 0 Å². The van der Waals surface area contributed by atoms with E-state index < -0.39 is 0 Å². The van der Waals surface area contributed by atoms with Crippen LogP contribution in [0.5, 0.6) is 0 Å². The number of amides is 2. The van der Waals surface area contributed by atoms with Crippen molar-refractivity contribution in [3.63, 3.8) is 0 Å². The molecule has 1 aromatic carbocycles. The van der Waals surface area contributed by atoms with E-state index in [9.17, 15) is 14.0 Å². The first-order chi connectivity index (χ1) is 15.1. The number of nitrogens with zero attached hydrogens (tertiary/aromatic N) is 7. The maximum absolute atomic E-state index is 13.2. The number of hydrogen-bond acceptors (Lipinski definition) is 8. The molecule has 0 radical (unpaired) electrons. The van der Waals surface area contributed by atoms with Crippen molar-refractivity contribution >= 4 is 34.9 Å². The monoisotopic (exact) mass is 445 g/mol. The molecule has 0 aliphatic carbocycles. The van der Waals surface area contributed by atoms with Gasteiger partial charge >= 0.3 is 6.09 Å². The van der Waals surface area contributed by atoms with E-state index in [4.69, 9.17) is 4.74 Å². The molecule has 0 spiro atoms. The molecular weight excluding hydrogens is 425 g/mol. The number of piperazine rings is 1. The van der Waals surface area contributed by atoms with Gasteiger partial charge < -0.3 is 14.5 Å². The number of benzene rings is 1. The smallest absolute Gasteiger partial charge is 0.409 e. The van der Waals surface area contributed by atoms with Crippen molar-refractivity contribution < 1.29 is 18.7 Å². The first kappa shape index (κ1) is 21.0. The fourth-order valence-electron chi connectivity index (χ4n) is 3.16. The molecule has 10 nitrogen and oxygen atoms in total. The lowest BCUT2D eigenvalue weighted by molar-refractivity contribution is -0.129. The van der Waals surface area contributed by atoms with Crippen LogP contribution in [0.15, 0.2) is 35.6 Å². The van der Waals surface area contributed by atoms with Crippen molar-refractivity contribution in [1.29, 1.82) is 0 Å². The summed E-state index contributed by atoms with van der Waals surface area (Å²) in [6.45, 7) is 3.89. The lowest BCUT2D eigenvalue weighted by Crippen LogP contribution is -2.51. The SMILES string of the molecule is CCOC(=O)N1CCN(C(=O)CSc2ncnc3c2nnn3-c2ccc(F)cc2)CC1. The van der Waals surface area contributed by atoms with Gasteiger partial charge in [0.25, 0.3) is 0 Å². The zero-order valence-corrected chi connectivity index (χ0v) is 17.6. The van der Waals surface area contributed by atoms with Gasteiger partial charge in [-0.05, 0) is 31.2 Å². The Kier molecular flexibility index (Phi) is 6.26. The highest BCUT2D eigenvalue weighted by Crippen LogP contribution is 2.24. The average Bonchev–Trinajstić information content (AvgIpc) is 3.23. The molecule has 0 unspecified atom stereocenters. The Hall–Kier alpha value is -3.28. The van der Waals surface area contributed by atoms with Crippen LogP contribution in [0.3, 0.4) is 0 Å². The van der Waals surface area contributed by atoms with Gasteiger partial charge in [-0.15, -0.1) is 5.10 Å². The maximum Gasteiger partial charge on any atom is 0.409 e. The standard InChI is InChI=1S/C19H20FN7O3S/c1-2-30-19(29)26-9-7-25(8-10-26)15(28)11-31-18-16-17(21-12-22-18)27(24-23-16)14-5-3-13(20)4-6-14/h3-6,12H,2,7-11H2,1H3. The van der Waals surface area contributed by atoms with Gasteiger partial charge in [-0.25, -0.2) is 19.2 Å². The molecule has 0 atom stereocenters. The molecule has 0 saturated carbocycles. The van der Waals surface area contributed by atoms with Crippen LogP contribution >= 0.6 is 11.8 Å². The largest absolute Gasteiger partial charge is 0.450 e. The van der Waals surface area contributed by atoms with Gasteiger partial charge in [0.15, 0.2) is 11.2 Å². The van der Waals surface area contributed by atoms with Crippen LogP contribution in [0, 0.1) is 5.82 Å². The highest BCUT2D eigenvalue weighted by molar-refractivity contribution is 8.00. The van der Waals surface area contributed by atoms with Gasteiger partial charge in [0, 0.05) is 26.2 Å². The van der Waals surface area contributed by atoms with Crippen LogP contribution in [0.25, 0.3) is 16.9 Å². The average molecular weight is 445 g/mol. The summed E-state index contributed by atoms with van der Waals surface area (Å²) < 4.78 is 19.7. The van der Waals surface area contributed by atoms with Crippen LogP contribution in [0.4, 0.5) is 9.18 Å². The molecule has 162 valence electrons. The van der Waals surface area contributed by atoms with Crippen LogP contribution < -0.4 is 0 Å². The summed E-state index contributed by atoms with van der Waals surface area (Å²) in [6.07, 6.45) is 1.04. The van der Waals surface area contributed by atoms with Crippen molar-refractivity contribution in [1.82, 2.24) is 34.8 Å². The van der Waals surface area contributed by atoms with Crippen LogP contribution in [0.1, 0.15) is 6.92 Å². The molecule has 4 rings (SSSR count). The Bertz CT molecular complexity index is 1080. The number of fused-ring (bicyclic) bond motifs is 1. The topological polar surface area (TPSA) is 106 Å². The molecule has 2 amide bonds. The number of hydrogen-bond donors (Lipinski definition) is 0. The van der Waals surface area contributed by atoms with E-state index in [0.29, 0.717) is 54.7 Å². The lowest BCUT2D eigenvalue weighted by Gasteiger charge is -2.34. The molecule has 2 aromatic heterocycles. The molecule has 1 aliphatic heterocycles. The number of ether oxygens (including phenoxy) is 1. The van der Waals surface area contributed by atoms with E-state index in [2.05, 4.69) is 20.3 Å². The Morgan fingerprint density at radius 2 is 1.81 bits per heavy atom. The molecule has 1 fully saturated rings. The normalized spacial score (nSPS) is 14.1. The fourth-order valence-corrected chi connectivity index (χ4v) is 4.00. The minimum atomic E-state index is -0.350. The third kappa shape index (κ3) is 4.58. The van der Waals surface area contributed by atoms with Gasteiger partial charge in [0.2, 0.25) is 5.91 Å². The van der Waals surface area contributed by atoms with E-state index in [-0.39, 0.29) is 23.6 Å². The molecule has 3 heterocycles. The minimum Gasteiger partial charge on any atom is -0.450 e. The molecule has 1 aliphatic rings. The van der Waals surface area contributed by atoms with Gasteiger partial charge in [-0.3, -0.25) is 4.79 Å². The van der Waals surface area contributed by atoms with Crippen LogP contribution in [0.2, 0.25) is 0 Å². The number of thioether (sulfide) groups is 1. The third-order valence-corrected chi connectivity index (χ3v) is 5.73. The maximum atomic E-state index is 13.2. The highest BCUT2D eigenvalue weighted by Gasteiger charge is 2.25. The van der Waals surface area contributed by atoms with E-state index in [1.165, 1.54) is 34.9 Å². The Morgan fingerprint density at radius 3 is 2.52 bits per heavy atom. The Morgan fingerprint density at radius 1 is 1.10 bits per heavy atom. The molecular formula is C19H20FN7O3S. The van der Waals surface area contributed by atoms with Crippen molar-refractivity contribution in [3.8, 4) is 5.69 Å². The van der Waals surface area contributed by atoms with Gasteiger partial charge in [0.1, 0.15) is 17.2 Å². The molecule has 0 bridgehead atoms. The second-order valence-corrected chi connectivity index (χ2v) is 7.65. The van der Waals surface area contributed by atoms with Gasteiger partial charge in [0.05, 0.1) is 18.0 Å². The molecule has 0 N–H and O–H groups in total. The van der Waals surface area contributed by atoms with Crippen LogP contribution in [-0.2, 0) is 9.53 Å². The zero-order valence-electron chi connectivity index (χ0n) is 16.8. The first-order valence-corrected chi connectivity index (χ1v) is 10.7. The minimum absolute atomic E-state index is 0.0498. The number of aromatic nitrogens is 5. The Balaban J connectivity index is 1.40. The lowest BCUT2D eigenvalue weighted by atomic mass is 10.3. The van der Waals surface area contributed by atoms with Crippen molar-refractivity contribution in [3.05, 3.63) is 36.4 Å². The molecule has 31 heavy (non-hydrogen) atoms. The molecule has 12 heteroatoms. The molecule has 1 saturated heterocycles. The second-order valence-electron chi connectivity index (χ2n) is 6.68. The van der Waals surface area contributed by atoms with Crippen LogP contribution in [-0.4, -0.2) is 85.3 Å². The Labute approximate surface area is 181 Å². The summed E-state index contributed by atoms with van der Waals surface area (Å²) in [6, 6.07) is 5.83. The number of rotatable bonds is 5. The highest BCUT2D eigenvalue weighted by atomic mass is 32.2. The fraction of sp³-hybridized carbons (Fsp3) is 0.368. The predicted octanol–water partition coefficient (Wildman–Crippen LogP) is 1.74. The first-order valence-electron chi connectivity index (χ1n) is 9.71. The molecule has 3 aromatic rings. The summed E-state index contributed by atoms with van der Waals surface area (Å²) in [5.74, 6) is -0.221. The van der Waals surface area contributed by atoms with Crippen molar-refractivity contribution in [2.75, 3.05) is 38.5 Å². The number of carbonyl (C=O) groups excluding carboxylic acids is 2. The zero-order chi connectivity index (χ0) is 21.8. The number of carbonyl (C=O) groups is 2. The van der Waals surface area contributed by atoms with Crippen molar-refractivity contribution in [2.24, 2.45) is 0 Å². The summed E-state index contributed by atoms with van der Waals surface area (Å²) >= 11 is 1.25. The van der Waals surface area contributed by atoms with E-state index >= 15 is 0 Å². The van der Waals surface area contributed by atoms with E-state index in [0.717, 1.165) is 0 Å². The second kappa shape index (κ2) is 9.25. The summed E-state index contributed by atoms with van der Waals surface area (Å²) in [5, 5.41) is 8.78. The third-order valence-electron chi connectivity index (χ3n) is 4.77. The van der Waals surface area contributed by atoms with E-state index in [1.54, 1.807) is 28.9 Å². The summed E-state index contributed by atoms with van der Waals surface area (Å²) in [5.41, 5.74) is 1.56. The van der Waals surface area contributed by atoms with Gasteiger partial charge in [-0.2, -0.15) is 4.68 Å².